The summed E-state index contributed by atoms with van der Waals surface area (Å²) in [6.45, 7) is 1.60. The number of carbonyl (C=O) groups is 2. The number of alkyl halides is 3. The molecule has 1 aliphatic rings. The van der Waals surface area contributed by atoms with Crippen molar-refractivity contribution in [2.75, 3.05) is 0 Å². The van der Waals surface area contributed by atoms with Crippen LogP contribution >= 0.6 is 0 Å². The first kappa shape index (κ1) is 15.8. The van der Waals surface area contributed by atoms with Gasteiger partial charge >= 0.3 is 12.1 Å². The number of carboxylic acids is 1. The van der Waals surface area contributed by atoms with Crippen LogP contribution in [0.5, 0.6) is 0 Å². The van der Waals surface area contributed by atoms with E-state index in [2.05, 4.69) is 5.32 Å². The summed E-state index contributed by atoms with van der Waals surface area (Å²) >= 11 is 0. The van der Waals surface area contributed by atoms with Crippen LogP contribution in [0.4, 0.5) is 13.2 Å². The Labute approximate surface area is 109 Å². The minimum absolute atomic E-state index is 0.0451. The molecule has 110 valence electrons. The lowest BCUT2D eigenvalue weighted by Gasteiger charge is -2.30. The van der Waals surface area contributed by atoms with Gasteiger partial charge in [-0.3, -0.25) is 4.79 Å². The zero-order valence-corrected chi connectivity index (χ0v) is 10.7. The highest BCUT2D eigenvalue weighted by Gasteiger charge is 2.43. The van der Waals surface area contributed by atoms with Gasteiger partial charge in [0.25, 0.3) is 0 Å². The standard InChI is InChI=1S/C12H18F3NO3/c1-2-9(11(18)19)16-10(17)7-4-3-5-8(6-7)12(13,14)15/h7-9H,2-6H2,1H3,(H,16,17)(H,18,19). The van der Waals surface area contributed by atoms with Gasteiger partial charge in [0.2, 0.25) is 5.91 Å². The first-order chi connectivity index (χ1) is 8.75. The van der Waals surface area contributed by atoms with Gasteiger partial charge in [-0.2, -0.15) is 13.2 Å². The fraction of sp³-hybridized carbons (Fsp3) is 0.833. The summed E-state index contributed by atoms with van der Waals surface area (Å²) < 4.78 is 37.8. The Bertz CT molecular complexity index is 344. The molecular formula is C12H18F3NO3. The van der Waals surface area contributed by atoms with Crippen LogP contribution in [-0.2, 0) is 9.59 Å². The lowest BCUT2D eigenvalue weighted by atomic mass is 9.80. The molecule has 7 heteroatoms. The number of hydrogen-bond acceptors (Lipinski definition) is 2. The summed E-state index contributed by atoms with van der Waals surface area (Å²) in [6, 6.07) is -1.03. The molecule has 19 heavy (non-hydrogen) atoms. The summed E-state index contributed by atoms with van der Waals surface area (Å²) in [5.74, 6) is -3.95. The smallest absolute Gasteiger partial charge is 0.391 e. The van der Waals surface area contributed by atoms with Gasteiger partial charge in [0, 0.05) is 5.92 Å². The number of rotatable bonds is 4. The van der Waals surface area contributed by atoms with E-state index in [9.17, 15) is 22.8 Å². The van der Waals surface area contributed by atoms with E-state index in [0.717, 1.165) is 0 Å². The second-order valence-corrected chi connectivity index (χ2v) is 4.91. The summed E-state index contributed by atoms with van der Waals surface area (Å²) in [4.78, 5) is 22.6. The van der Waals surface area contributed by atoms with Crippen LogP contribution in [0, 0.1) is 11.8 Å². The number of carbonyl (C=O) groups excluding carboxylic acids is 1. The summed E-state index contributed by atoms with van der Waals surface area (Å²) in [5.41, 5.74) is 0. The number of amides is 1. The van der Waals surface area contributed by atoms with E-state index in [1.807, 2.05) is 0 Å². The van der Waals surface area contributed by atoms with E-state index < -0.39 is 35.9 Å². The van der Waals surface area contributed by atoms with Gasteiger partial charge in [0.1, 0.15) is 6.04 Å². The minimum Gasteiger partial charge on any atom is -0.480 e. The van der Waals surface area contributed by atoms with Crippen LogP contribution in [0.1, 0.15) is 39.0 Å². The number of aliphatic carboxylic acids is 1. The normalized spacial score (nSPS) is 25.7. The summed E-state index contributed by atoms with van der Waals surface area (Å²) in [5, 5.41) is 11.1. The largest absolute Gasteiger partial charge is 0.480 e. The molecule has 0 saturated heterocycles. The van der Waals surface area contributed by atoms with Crippen molar-refractivity contribution in [3.63, 3.8) is 0 Å². The van der Waals surface area contributed by atoms with Crippen molar-refractivity contribution in [1.29, 1.82) is 0 Å². The molecule has 2 N–H and O–H groups in total. The molecule has 0 spiro atoms. The molecule has 0 aliphatic heterocycles. The van der Waals surface area contributed by atoms with Gasteiger partial charge in [-0.1, -0.05) is 13.3 Å². The molecule has 1 aliphatic carbocycles. The van der Waals surface area contributed by atoms with Gasteiger partial charge in [-0.25, -0.2) is 4.79 Å². The van der Waals surface area contributed by atoms with Gasteiger partial charge in [-0.15, -0.1) is 0 Å². The maximum Gasteiger partial charge on any atom is 0.391 e. The fourth-order valence-electron chi connectivity index (χ4n) is 2.35. The van der Waals surface area contributed by atoms with Crippen LogP contribution in [0.2, 0.25) is 0 Å². The number of halogens is 3. The molecule has 1 fully saturated rings. The Kier molecular flexibility index (Phi) is 5.20. The molecule has 0 bridgehead atoms. The quantitative estimate of drug-likeness (QED) is 0.831. The highest BCUT2D eigenvalue weighted by atomic mass is 19.4. The Balaban J connectivity index is 2.60. The molecule has 0 radical (unpaired) electrons. The SMILES string of the molecule is CCC(NC(=O)C1CCCC(C(F)(F)F)C1)C(=O)O. The average molecular weight is 281 g/mol. The lowest BCUT2D eigenvalue weighted by molar-refractivity contribution is -0.186. The van der Waals surface area contributed by atoms with Crippen LogP contribution in [0.25, 0.3) is 0 Å². The molecule has 0 aromatic carbocycles. The van der Waals surface area contributed by atoms with E-state index in [0.29, 0.717) is 12.8 Å². The topological polar surface area (TPSA) is 66.4 Å². The van der Waals surface area contributed by atoms with Crippen molar-refractivity contribution in [2.45, 2.75) is 51.2 Å². The molecule has 1 amide bonds. The van der Waals surface area contributed by atoms with Crippen LogP contribution < -0.4 is 5.32 Å². The Morgan fingerprint density at radius 2 is 2.00 bits per heavy atom. The van der Waals surface area contributed by atoms with Crippen molar-refractivity contribution in [3.8, 4) is 0 Å². The second-order valence-electron chi connectivity index (χ2n) is 4.91. The minimum atomic E-state index is -4.28. The summed E-state index contributed by atoms with van der Waals surface area (Å²) in [7, 11) is 0. The van der Waals surface area contributed by atoms with Crippen molar-refractivity contribution in [3.05, 3.63) is 0 Å². The molecular weight excluding hydrogens is 263 g/mol. The number of hydrogen-bond donors (Lipinski definition) is 2. The predicted octanol–water partition coefficient (Wildman–Crippen LogP) is 2.33. The maximum atomic E-state index is 12.6. The van der Waals surface area contributed by atoms with Crippen molar-refractivity contribution in [1.82, 2.24) is 5.32 Å². The maximum absolute atomic E-state index is 12.6. The molecule has 1 saturated carbocycles. The molecule has 4 nitrogen and oxygen atoms in total. The third kappa shape index (κ3) is 4.40. The Hall–Kier alpha value is -1.27. The van der Waals surface area contributed by atoms with Crippen LogP contribution in [-0.4, -0.2) is 29.2 Å². The van der Waals surface area contributed by atoms with Gasteiger partial charge in [-0.05, 0) is 25.7 Å². The third-order valence-corrected chi connectivity index (χ3v) is 3.53. The first-order valence-electron chi connectivity index (χ1n) is 6.35. The van der Waals surface area contributed by atoms with E-state index in [1.165, 1.54) is 0 Å². The summed E-state index contributed by atoms with van der Waals surface area (Å²) in [6.07, 6.45) is -3.55. The van der Waals surface area contributed by atoms with E-state index >= 15 is 0 Å². The lowest BCUT2D eigenvalue weighted by Crippen LogP contribution is -2.45. The van der Waals surface area contributed by atoms with Gasteiger partial charge < -0.3 is 10.4 Å². The molecule has 0 aromatic heterocycles. The zero-order valence-electron chi connectivity index (χ0n) is 10.7. The van der Waals surface area contributed by atoms with E-state index in [4.69, 9.17) is 5.11 Å². The van der Waals surface area contributed by atoms with E-state index in [1.54, 1.807) is 6.92 Å². The molecule has 3 atom stereocenters. The second kappa shape index (κ2) is 6.25. The first-order valence-corrected chi connectivity index (χ1v) is 6.35. The molecule has 0 aromatic rings. The highest BCUT2D eigenvalue weighted by molar-refractivity contribution is 5.84. The molecule has 0 heterocycles. The van der Waals surface area contributed by atoms with Gasteiger partial charge in [0.05, 0.1) is 5.92 Å². The van der Waals surface area contributed by atoms with E-state index in [-0.39, 0.29) is 19.3 Å². The van der Waals surface area contributed by atoms with Crippen LogP contribution in [0.3, 0.4) is 0 Å². The van der Waals surface area contributed by atoms with Crippen LogP contribution in [0.15, 0.2) is 0 Å². The van der Waals surface area contributed by atoms with Crippen molar-refractivity contribution in [2.24, 2.45) is 11.8 Å². The molecule has 1 rings (SSSR count). The van der Waals surface area contributed by atoms with Crippen molar-refractivity contribution < 1.29 is 27.9 Å². The Morgan fingerprint density at radius 1 is 1.37 bits per heavy atom. The number of nitrogens with one attached hydrogen (secondary N) is 1. The molecule has 3 unspecified atom stereocenters. The third-order valence-electron chi connectivity index (χ3n) is 3.53. The van der Waals surface area contributed by atoms with Gasteiger partial charge in [0.15, 0.2) is 0 Å². The highest BCUT2D eigenvalue weighted by Crippen LogP contribution is 2.39. The fourth-order valence-corrected chi connectivity index (χ4v) is 2.35. The van der Waals surface area contributed by atoms with Crippen molar-refractivity contribution >= 4 is 11.9 Å². The number of carboxylic acid groups (broad SMARTS) is 1. The monoisotopic (exact) mass is 281 g/mol. The zero-order chi connectivity index (χ0) is 14.6. The Morgan fingerprint density at radius 3 is 2.47 bits per heavy atom. The average Bonchev–Trinajstić information content (AvgIpc) is 2.34. The predicted molar refractivity (Wildman–Crippen MR) is 61.4 cm³/mol.